The van der Waals surface area contributed by atoms with Crippen LogP contribution in [0.4, 0.5) is 4.79 Å². The van der Waals surface area contributed by atoms with Gasteiger partial charge in [0.25, 0.3) is 0 Å². The van der Waals surface area contributed by atoms with Crippen molar-refractivity contribution in [2.45, 2.75) is 104 Å². The summed E-state index contributed by atoms with van der Waals surface area (Å²) in [7, 11) is 0. The minimum absolute atomic E-state index is 0.0244. The standard InChI is InChI=1S/C20H39N3O3/c1-9-10-11-23(15-12-19(5,6)22-20(7,8)13-15)16(24)14-21-17(25)26-18(2,3)4/h15,22H,9-14H2,1-8H3,(H,21,25). The maximum absolute atomic E-state index is 12.9. The lowest BCUT2D eigenvalue weighted by Crippen LogP contribution is -2.63. The third-order valence-corrected chi connectivity index (χ3v) is 4.47. The molecule has 0 saturated carbocycles. The third-order valence-electron chi connectivity index (χ3n) is 4.47. The first-order valence-corrected chi connectivity index (χ1v) is 9.80. The molecule has 0 aromatic rings. The predicted molar refractivity (Wildman–Crippen MR) is 105 cm³/mol. The summed E-state index contributed by atoms with van der Waals surface area (Å²) in [6.07, 6.45) is 3.24. The van der Waals surface area contributed by atoms with Gasteiger partial charge in [-0.25, -0.2) is 4.79 Å². The topological polar surface area (TPSA) is 70.7 Å². The molecule has 0 radical (unpaired) electrons. The molecule has 2 amide bonds. The molecule has 6 nitrogen and oxygen atoms in total. The van der Waals surface area contributed by atoms with Crippen LogP contribution in [-0.4, -0.2) is 52.7 Å². The number of nitrogens with one attached hydrogen (secondary N) is 2. The first-order chi connectivity index (χ1) is 11.7. The van der Waals surface area contributed by atoms with Crippen LogP contribution in [0.1, 0.15) is 81.1 Å². The molecule has 6 heteroatoms. The van der Waals surface area contributed by atoms with E-state index in [1.807, 2.05) is 4.90 Å². The predicted octanol–water partition coefficient (Wildman–Crippen LogP) is 3.45. The number of alkyl carbamates (subject to hydrolysis) is 1. The fourth-order valence-electron chi connectivity index (χ4n) is 3.89. The summed E-state index contributed by atoms with van der Waals surface area (Å²) in [5, 5.41) is 6.27. The monoisotopic (exact) mass is 369 g/mol. The van der Waals surface area contributed by atoms with Crippen LogP contribution in [0.25, 0.3) is 0 Å². The number of hydrogen-bond acceptors (Lipinski definition) is 4. The molecule has 0 unspecified atom stereocenters. The quantitative estimate of drug-likeness (QED) is 0.752. The smallest absolute Gasteiger partial charge is 0.408 e. The van der Waals surface area contributed by atoms with E-state index < -0.39 is 11.7 Å². The molecule has 2 N–H and O–H groups in total. The summed E-state index contributed by atoms with van der Waals surface area (Å²) < 4.78 is 5.23. The number of hydrogen-bond donors (Lipinski definition) is 2. The van der Waals surface area contributed by atoms with Crippen molar-refractivity contribution >= 4 is 12.0 Å². The van der Waals surface area contributed by atoms with E-state index in [0.29, 0.717) is 0 Å². The van der Waals surface area contributed by atoms with Crippen LogP contribution in [0.3, 0.4) is 0 Å². The van der Waals surface area contributed by atoms with Gasteiger partial charge in [-0.15, -0.1) is 0 Å². The number of carbonyl (C=O) groups is 2. The van der Waals surface area contributed by atoms with Gasteiger partial charge < -0.3 is 20.3 Å². The lowest BCUT2D eigenvalue weighted by atomic mass is 9.79. The number of nitrogens with zero attached hydrogens (tertiary/aromatic N) is 1. The van der Waals surface area contributed by atoms with E-state index in [0.717, 1.165) is 32.2 Å². The molecular formula is C20H39N3O3. The lowest BCUT2D eigenvalue weighted by molar-refractivity contribution is -0.134. The highest BCUT2D eigenvalue weighted by Gasteiger charge is 2.41. The Morgan fingerprint density at radius 2 is 1.69 bits per heavy atom. The fraction of sp³-hybridized carbons (Fsp3) is 0.900. The molecule has 0 aliphatic carbocycles. The summed E-state index contributed by atoms with van der Waals surface area (Å²) in [4.78, 5) is 26.7. The molecule has 0 spiro atoms. The molecule has 1 aliphatic rings. The van der Waals surface area contributed by atoms with Crippen molar-refractivity contribution in [3.8, 4) is 0 Å². The van der Waals surface area contributed by atoms with Crippen LogP contribution in [0.15, 0.2) is 0 Å². The van der Waals surface area contributed by atoms with Crippen molar-refractivity contribution in [1.82, 2.24) is 15.5 Å². The Balaban J connectivity index is 2.79. The molecule has 1 heterocycles. The minimum atomic E-state index is -0.571. The van der Waals surface area contributed by atoms with Crippen LogP contribution in [0.2, 0.25) is 0 Å². The summed E-state index contributed by atoms with van der Waals surface area (Å²) in [6.45, 7) is 17.0. The first kappa shape index (κ1) is 22.7. The Bertz CT molecular complexity index is 479. The Hall–Kier alpha value is -1.30. The third kappa shape index (κ3) is 7.94. The highest BCUT2D eigenvalue weighted by Crippen LogP contribution is 2.31. The molecule has 26 heavy (non-hydrogen) atoms. The zero-order valence-corrected chi connectivity index (χ0v) is 18.0. The highest BCUT2D eigenvalue weighted by atomic mass is 16.6. The van der Waals surface area contributed by atoms with Crippen LogP contribution in [0, 0.1) is 0 Å². The van der Waals surface area contributed by atoms with Crippen LogP contribution >= 0.6 is 0 Å². The molecule has 152 valence electrons. The maximum Gasteiger partial charge on any atom is 0.408 e. The fourth-order valence-corrected chi connectivity index (χ4v) is 3.89. The molecule has 0 aromatic carbocycles. The van der Waals surface area contributed by atoms with Crippen molar-refractivity contribution in [1.29, 1.82) is 0 Å². The molecule has 1 fully saturated rings. The molecule has 0 atom stereocenters. The molecule has 1 saturated heterocycles. The van der Waals surface area contributed by atoms with Gasteiger partial charge in [0, 0.05) is 23.7 Å². The van der Waals surface area contributed by atoms with Crippen molar-refractivity contribution in [3.05, 3.63) is 0 Å². The van der Waals surface area contributed by atoms with Gasteiger partial charge in [-0.3, -0.25) is 4.79 Å². The van der Waals surface area contributed by atoms with E-state index in [9.17, 15) is 9.59 Å². The van der Waals surface area contributed by atoms with E-state index in [2.05, 4.69) is 45.3 Å². The van der Waals surface area contributed by atoms with Gasteiger partial charge in [-0.1, -0.05) is 13.3 Å². The molecular weight excluding hydrogens is 330 g/mol. The Labute approximate surface area is 159 Å². The maximum atomic E-state index is 12.9. The van der Waals surface area contributed by atoms with Crippen LogP contribution in [-0.2, 0) is 9.53 Å². The SMILES string of the molecule is CCCCN(C(=O)CNC(=O)OC(C)(C)C)C1CC(C)(C)NC(C)(C)C1. The van der Waals surface area contributed by atoms with Gasteiger partial charge >= 0.3 is 6.09 Å². The summed E-state index contributed by atoms with van der Waals surface area (Å²) >= 11 is 0. The summed E-state index contributed by atoms with van der Waals surface area (Å²) in [5.41, 5.74) is -0.635. The van der Waals surface area contributed by atoms with Crippen molar-refractivity contribution in [3.63, 3.8) is 0 Å². The molecule has 0 bridgehead atoms. The minimum Gasteiger partial charge on any atom is -0.444 e. The second kappa shape index (κ2) is 8.59. The average molecular weight is 370 g/mol. The van der Waals surface area contributed by atoms with Crippen molar-refractivity contribution < 1.29 is 14.3 Å². The first-order valence-electron chi connectivity index (χ1n) is 9.80. The second-order valence-corrected chi connectivity index (χ2v) is 9.75. The van der Waals surface area contributed by atoms with E-state index in [1.165, 1.54) is 0 Å². The number of unbranched alkanes of at least 4 members (excludes halogenated alkanes) is 1. The van der Waals surface area contributed by atoms with E-state index in [4.69, 9.17) is 4.74 Å². The van der Waals surface area contributed by atoms with Crippen LogP contribution in [0.5, 0.6) is 0 Å². The summed E-state index contributed by atoms with van der Waals surface area (Å²) in [5.74, 6) is -0.0391. The normalized spacial score (nSPS) is 19.7. The molecule has 0 aromatic heterocycles. The van der Waals surface area contributed by atoms with E-state index >= 15 is 0 Å². The molecule has 1 aliphatic heterocycles. The van der Waals surface area contributed by atoms with Gasteiger partial charge in [-0.05, 0) is 67.7 Å². The number of carbonyl (C=O) groups excluding carboxylic acids is 2. The average Bonchev–Trinajstić information content (AvgIpc) is 2.40. The van der Waals surface area contributed by atoms with Gasteiger partial charge in [-0.2, -0.15) is 0 Å². The van der Waals surface area contributed by atoms with Crippen LogP contribution < -0.4 is 10.6 Å². The van der Waals surface area contributed by atoms with Crippen molar-refractivity contribution in [2.24, 2.45) is 0 Å². The number of piperidine rings is 1. The van der Waals surface area contributed by atoms with Gasteiger partial charge in [0.1, 0.15) is 12.1 Å². The number of rotatable bonds is 6. The zero-order chi connectivity index (χ0) is 20.2. The Kier molecular flexibility index (Phi) is 7.52. The van der Waals surface area contributed by atoms with Gasteiger partial charge in [0.2, 0.25) is 5.91 Å². The lowest BCUT2D eigenvalue weighted by Gasteiger charge is -2.49. The Morgan fingerprint density at radius 1 is 1.15 bits per heavy atom. The Morgan fingerprint density at radius 3 is 2.15 bits per heavy atom. The number of ether oxygens (including phenoxy) is 1. The van der Waals surface area contributed by atoms with Gasteiger partial charge in [0.05, 0.1) is 0 Å². The highest BCUT2D eigenvalue weighted by molar-refractivity contribution is 5.82. The van der Waals surface area contributed by atoms with E-state index in [-0.39, 0.29) is 29.6 Å². The van der Waals surface area contributed by atoms with E-state index in [1.54, 1.807) is 20.8 Å². The number of amides is 2. The second-order valence-electron chi connectivity index (χ2n) is 9.75. The van der Waals surface area contributed by atoms with Gasteiger partial charge in [0.15, 0.2) is 0 Å². The zero-order valence-electron chi connectivity index (χ0n) is 18.0. The largest absolute Gasteiger partial charge is 0.444 e. The molecule has 1 rings (SSSR count). The van der Waals surface area contributed by atoms with Crippen molar-refractivity contribution in [2.75, 3.05) is 13.1 Å². The summed E-state index contributed by atoms with van der Waals surface area (Å²) in [6, 6.07) is 0.167.